The van der Waals surface area contributed by atoms with Crippen LogP contribution in [-0.4, -0.2) is 17.8 Å². The molecule has 1 aliphatic heterocycles. The molecule has 0 saturated carbocycles. The molecule has 2 amide bonds. The highest BCUT2D eigenvalue weighted by Crippen LogP contribution is 2.64. The third kappa shape index (κ3) is 2.08. The Labute approximate surface area is 178 Å². The number of amides is 2. The molecule has 1 heterocycles. The summed E-state index contributed by atoms with van der Waals surface area (Å²) in [5, 5.41) is 11.3. The van der Waals surface area contributed by atoms with E-state index in [0.717, 1.165) is 22.3 Å². The fraction of sp³-hybridized carbons (Fsp3) is 0.192. The monoisotopic (exact) mass is 408 g/mol. The molecule has 3 aliphatic carbocycles. The standard InChI is InChI=1S/C26H19NO4/c1-26-18-11-4-2-9-16(18)20(17-10-3-5-12-19(17)26)21-22(26)24(29)27(23(21)28)15-8-6-7-14(13-15)25(30)31/h2-13,20-22H,1H3,(H,30,31)/p-1/t20?,21-,22-,26?/m1/s1. The molecule has 3 aromatic carbocycles. The Morgan fingerprint density at radius 3 is 2.10 bits per heavy atom. The molecule has 4 aliphatic rings. The summed E-state index contributed by atoms with van der Waals surface area (Å²) in [6, 6.07) is 22.0. The number of nitrogens with zero attached hydrogens (tertiary/aromatic N) is 1. The van der Waals surface area contributed by atoms with Crippen LogP contribution in [0.4, 0.5) is 5.69 Å². The van der Waals surface area contributed by atoms with Gasteiger partial charge in [-0.15, -0.1) is 0 Å². The van der Waals surface area contributed by atoms with E-state index in [0.29, 0.717) is 0 Å². The molecule has 5 heteroatoms. The Morgan fingerprint density at radius 2 is 1.48 bits per heavy atom. The van der Waals surface area contributed by atoms with Crippen molar-refractivity contribution >= 4 is 23.5 Å². The molecule has 0 aromatic heterocycles. The van der Waals surface area contributed by atoms with Gasteiger partial charge in [-0.25, -0.2) is 4.90 Å². The van der Waals surface area contributed by atoms with E-state index in [1.54, 1.807) is 6.07 Å². The Bertz CT molecular complexity index is 1260. The van der Waals surface area contributed by atoms with Gasteiger partial charge in [0.25, 0.3) is 0 Å². The van der Waals surface area contributed by atoms with Crippen molar-refractivity contribution < 1.29 is 19.5 Å². The largest absolute Gasteiger partial charge is 0.545 e. The van der Waals surface area contributed by atoms with Gasteiger partial charge in [-0.2, -0.15) is 0 Å². The van der Waals surface area contributed by atoms with Crippen LogP contribution in [0.1, 0.15) is 45.5 Å². The predicted molar refractivity (Wildman–Crippen MR) is 111 cm³/mol. The summed E-state index contributed by atoms with van der Waals surface area (Å²) < 4.78 is 0. The van der Waals surface area contributed by atoms with Crippen LogP contribution >= 0.6 is 0 Å². The Balaban J connectivity index is 1.58. The van der Waals surface area contributed by atoms with Crippen LogP contribution in [0.25, 0.3) is 0 Å². The van der Waals surface area contributed by atoms with Crippen molar-refractivity contribution in [1.82, 2.24) is 0 Å². The van der Waals surface area contributed by atoms with E-state index in [1.165, 1.54) is 23.1 Å². The fourth-order valence-electron chi connectivity index (χ4n) is 6.18. The van der Waals surface area contributed by atoms with Crippen LogP contribution in [-0.2, 0) is 15.0 Å². The normalized spacial score (nSPS) is 27.6. The van der Waals surface area contributed by atoms with E-state index >= 15 is 0 Å². The molecule has 0 radical (unpaired) electrons. The maximum atomic E-state index is 13.8. The predicted octanol–water partition coefficient (Wildman–Crippen LogP) is 2.62. The number of carbonyl (C=O) groups excluding carboxylic acids is 3. The lowest BCUT2D eigenvalue weighted by Crippen LogP contribution is -2.51. The highest BCUT2D eigenvalue weighted by molar-refractivity contribution is 6.24. The van der Waals surface area contributed by atoms with Crippen molar-refractivity contribution in [3.8, 4) is 0 Å². The molecule has 3 aromatic rings. The van der Waals surface area contributed by atoms with Gasteiger partial charge in [0, 0.05) is 11.3 Å². The third-order valence-electron chi connectivity index (χ3n) is 7.38. The lowest BCUT2D eigenvalue weighted by atomic mass is 9.48. The van der Waals surface area contributed by atoms with Gasteiger partial charge in [0.15, 0.2) is 0 Å². The third-order valence-corrected chi connectivity index (χ3v) is 7.38. The second-order valence-corrected chi connectivity index (χ2v) is 8.71. The molecular weight excluding hydrogens is 390 g/mol. The van der Waals surface area contributed by atoms with Crippen molar-refractivity contribution in [2.45, 2.75) is 18.3 Å². The fourth-order valence-corrected chi connectivity index (χ4v) is 6.18. The first kappa shape index (κ1) is 18.1. The average molecular weight is 408 g/mol. The van der Waals surface area contributed by atoms with Crippen molar-refractivity contribution in [2.75, 3.05) is 4.90 Å². The van der Waals surface area contributed by atoms with E-state index < -0.39 is 23.2 Å². The average Bonchev–Trinajstić information content (AvgIpc) is 3.06. The molecule has 0 spiro atoms. The zero-order chi connectivity index (χ0) is 21.5. The molecule has 1 fully saturated rings. The Kier molecular flexibility index (Phi) is 3.45. The van der Waals surface area contributed by atoms with Crippen LogP contribution in [0.3, 0.4) is 0 Å². The number of hydrogen-bond donors (Lipinski definition) is 0. The van der Waals surface area contributed by atoms with E-state index in [1.807, 2.05) is 24.3 Å². The van der Waals surface area contributed by atoms with E-state index in [2.05, 4.69) is 31.2 Å². The number of hydrogen-bond acceptors (Lipinski definition) is 4. The number of benzene rings is 3. The number of anilines is 1. The molecule has 7 rings (SSSR count). The Hall–Kier alpha value is -3.73. The van der Waals surface area contributed by atoms with Gasteiger partial charge in [-0.05, 0) is 39.9 Å². The van der Waals surface area contributed by atoms with Crippen molar-refractivity contribution in [3.05, 3.63) is 101 Å². The zero-order valence-corrected chi connectivity index (χ0v) is 16.7. The maximum absolute atomic E-state index is 13.8. The summed E-state index contributed by atoms with van der Waals surface area (Å²) in [5.74, 6) is -3.15. The van der Waals surface area contributed by atoms with Crippen LogP contribution in [0.2, 0.25) is 0 Å². The van der Waals surface area contributed by atoms with Crippen molar-refractivity contribution in [2.24, 2.45) is 11.8 Å². The van der Waals surface area contributed by atoms with Gasteiger partial charge >= 0.3 is 0 Å². The van der Waals surface area contributed by atoms with Gasteiger partial charge in [0.05, 0.1) is 23.5 Å². The first-order chi connectivity index (χ1) is 14.9. The minimum absolute atomic E-state index is 0.0614. The van der Waals surface area contributed by atoms with Gasteiger partial charge in [0.2, 0.25) is 11.8 Å². The lowest BCUT2D eigenvalue weighted by molar-refractivity contribution is -0.255. The van der Waals surface area contributed by atoms with E-state index in [4.69, 9.17) is 0 Å². The van der Waals surface area contributed by atoms with Crippen LogP contribution in [0, 0.1) is 11.8 Å². The number of rotatable bonds is 2. The lowest BCUT2D eigenvalue weighted by Gasteiger charge is -2.52. The Morgan fingerprint density at radius 1 is 0.871 bits per heavy atom. The molecular formula is C26H18NO4-. The minimum Gasteiger partial charge on any atom is -0.545 e. The summed E-state index contributed by atoms with van der Waals surface area (Å²) in [6.07, 6.45) is 0. The second kappa shape index (κ2) is 5.91. The van der Waals surface area contributed by atoms with Crippen molar-refractivity contribution in [3.63, 3.8) is 0 Å². The first-order valence-electron chi connectivity index (χ1n) is 10.3. The van der Waals surface area contributed by atoms with E-state index in [-0.39, 0.29) is 29.0 Å². The summed E-state index contributed by atoms with van der Waals surface area (Å²) in [4.78, 5) is 40.0. The van der Waals surface area contributed by atoms with E-state index in [9.17, 15) is 19.5 Å². The molecule has 31 heavy (non-hydrogen) atoms. The topological polar surface area (TPSA) is 77.5 Å². The summed E-state index contributed by atoms with van der Waals surface area (Å²) >= 11 is 0. The smallest absolute Gasteiger partial charge is 0.238 e. The summed E-state index contributed by atoms with van der Waals surface area (Å²) in [7, 11) is 0. The molecule has 5 nitrogen and oxygen atoms in total. The molecule has 152 valence electrons. The number of imide groups is 1. The summed E-state index contributed by atoms with van der Waals surface area (Å²) in [6.45, 7) is 2.06. The molecule has 1 saturated heterocycles. The maximum Gasteiger partial charge on any atom is 0.238 e. The van der Waals surface area contributed by atoms with Gasteiger partial charge < -0.3 is 9.90 Å². The second-order valence-electron chi connectivity index (χ2n) is 8.71. The molecule has 0 N–H and O–H groups in total. The zero-order valence-electron chi connectivity index (χ0n) is 16.7. The van der Waals surface area contributed by atoms with Crippen LogP contribution in [0.15, 0.2) is 72.8 Å². The minimum atomic E-state index is -1.34. The van der Waals surface area contributed by atoms with Gasteiger partial charge in [-0.3, -0.25) is 9.59 Å². The van der Waals surface area contributed by atoms with Gasteiger partial charge in [-0.1, -0.05) is 67.6 Å². The number of carbonyl (C=O) groups is 3. The van der Waals surface area contributed by atoms with Crippen molar-refractivity contribution in [1.29, 1.82) is 0 Å². The highest BCUT2D eigenvalue weighted by atomic mass is 16.4. The molecule has 2 atom stereocenters. The highest BCUT2D eigenvalue weighted by Gasteiger charge is 2.66. The number of carboxylic acid groups (broad SMARTS) is 1. The SMILES string of the molecule is CC12c3ccccc3C(c3ccccc31)[C@H]1C(=O)N(c3cccc(C(=O)[O-])c3)C(=O)[C@@H]12. The first-order valence-corrected chi connectivity index (χ1v) is 10.3. The molecule has 0 unspecified atom stereocenters. The number of aromatic carboxylic acids is 1. The van der Waals surface area contributed by atoms with Gasteiger partial charge in [0.1, 0.15) is 0 Å². The summed E-state index contributed by atoms with van der Waals surface area (Å²) in [5.41, 5.74) is 3.95. The quantitative estimate of drug-likeness (QED) is 0.611. The molecule has 2 bridgehead atoms. The van der Waals surface area contributed by atoms with Crippen LogP contribution in [0.5, 0.6) is 0 Å². The number of carboxylic acids is 1. The van der Waals surface area contributed by atoms with Crippen LogP contribution < -0.4 is 10.0 Å².